The summed E-state index contributed by atoms with van der Waals surface area (Å²) in [5.41, 5.74) is 2.21. The van der Waals surface area contributed by atoms with Crippen molar-refractivity contribution in [3.63, 3.8) is 0 Å². The van der Waals surface area contributed by atoms with Crippen molar-refractivity contribution >= 4 is 17.6 Å². The molecule has 0 radical (unpaired) electrons. The van der Waals surface area contributed by atoms with Crippen LogP contribution in [0.5, 0.6) is 0 Å². The lowest BCUT2D eigenvalue weighted by Crippen LogP contribution is -2.48. The zero-order valence-electron chi connectivity index (χ0n) is 14.3. The highest BCUT2D eigenvalue weighted by atomic mass is 16.5. The van der Waals surface area contributed by atoms with Crippen molar-refractivity contribution in [3.8, 4) is 0 Å². The minimum Gasteiger partial charge on any atom is -0.380 e. The average Bonchev–Trinajstić information content (AvgIpc) is 2.49. The number of anilines is 1. The maximum absolute atomic E-state index is 12.5. The van der Waals surface area contributed by atoms with Crippen LogP contribution in [0, 0.1) is 25.7 Å². The molecule has 2 atom stereocenters. The lowest BCUT2D eigenvalue weighted by molar-refractivity contribution is -0.140. The second-order valence-corrected chi connectivity index (χ2v) is 6.95. The maximum Gasteiger partial charge on any atom is 0.228 e. The van der Waals surface area contributed by atoms with Crippen molar-refractivity contribution in [2.24, 2.45) is 11.8 Å². The van der Waals surface area contributed by atoms with Crippen molar-refractivity contribution in [3.05, 3.63) is 23.4 Å². The number of ether oxygens (including phenoxy) is 1. The number of nitrogens with one attached hydrogen (secondary N) is 2. The molecule has 2 heterocycles. The fourth-order valence-electron chi connectivity index (χ4n) is 3.19. The lowest BCUT2D eigenvalue weighted by atomic mass is 9.84. The Morgan fingerprint density at radius 2 is 1.92 bits per heavy atom. The molecule has 6 nitrogen and oxygen atoms in total. The summed E-state index contributed by atoms with van der Waals surface area (Å²) in [6.07, 6.45) is 5.21. The summed E-state index contributed by atoms with van der Waals surface area (Å²) >= 11 is 0. The molecule has 2 fully saturated rings. The maximum atomic E-state index is 12.5. The summed E-state index contributed by atoms with van der Waals surface area (Å²) in [5, 5.41) is 5.99. The summed E-state index contributed by atoms with van der Waals surface area (Å²) in [5.74, 6) is 0.560. The molecule has 2 N–H and O–H groups in total. The lowest BCUT2D eigenvalue weighted by Gasteiger charge is -2.32. The van der Waals surface area contributed by atoms with Crippen LogP contribution in [0.4, 0.5) is 5.82 Å². The Hall–Kier alpha value is -1.95. The first-order chi connectivity index (χ1) is 11.5. The van der Waals surface area contributed by atoms with Crippen molar-refractivity contribution in [2.45, 2.75) is 45.6 Å². The average molecular weight is 331 g/mol. The third-order valence-corrected chi connectivity index (χ3v) is 5.02. The van der Waals surface area contributed by atoms with Gasteiger partial charge in [-0.05, 0) is 50.3 Å². The molecule has 2 amide bonds. The smallest absolute Gasteiger partial charge is 0.228 e. The van der Waals surface area contributed by atoms with E-state index in [0.717, 1.165) is 30.4 Å². The predicted molar refractivity (Wildman–Crippen MR) is 90.5 cm³/mol. The Morgan fingerprint density at radius 3 is 2.58 bits per heavy atom. The number of nitrogens with zero attached hydrogens (tertiary/aromatic N) is 1. The van der Waals surface area contributed by atoms with Gasteiger partial charge in [0.25, 0.3) is 0 Å². The van der Waals surface area contributed by atoms with Crippen molar-refractivity contribution in [1.29, 1.82) is 0 Å². The predicted octanol–water partition coefficient (Wildman–Crippen LogP) is 1.96. The topological polar surface area (TPSA) is 80.3 Å². The first kappa shape index (κ1) is 16.9. The van der Waals surface area contributed by atoms with Gasteiger partial charge in [0.1, 0.15) is 5.82 Å². The Bertz CT molecular complexity index is 628. The van der Waals surface area contributed by atoms with Crippen LogP contribution in [0.25, 0.3) is 0 Å². The number of carbonyl (C=O) groups excluding carboxylic acids is 2. The molecular formula is C18H25N3O3. The van der Waals surface area contributed by atoms with E-state index in [0.29, 0.717) is 25.5 Å². The first-order valence-corrected chi connectivity index (χ1v) is 8.65. The van der Waals surface area contributed by atoms with E-state index in [2.05, 4.69) is 15.6 Å². The molecule has 3 rings (SSSR count). The molecule has 1 aromatic rings. The molecule has 6 heteroatoms. The van der Waals surface area contributed by atoms with E-state index in [4.69, 9.17) is 4.74 Å². The Labute approximate surface area is 142 Å². The van der Waals surface area contributed by atoms with Crippen LogP contribution in [0.3, 0.4) is 0 Å². The van der Waals surface area contributed by atoms with Crippen LogP contribution >= 0.6 is 0 Å². The van der Waals surface area contributed by atoms with Gasteiger partial charge in [-0.1, -0.05) is 6.42 Å². The molecule has 130 valence electrons. The van der Waals surface area contributed by atoms with Gasteiger partial charge in [0, 0.05) is 18.2 Å². The Morgan fingerprint density at radius 1 is 1.12 bits per heavy atom. The number of hydrogen-bond acceptors (Lipinski definition) is 4. The van der Waals surface area contributed by atoms with Gasteiger partial charge in [-0.15, -0.1) is 0 Å². The summed E-state index contributed by atoms with van der Waals surface area (Å²) in [7, 11) is 0. The van der Waals surface area contributed by atoms with Crippen molar-refractivity contribution in [2.75, 3.05) is 18.5 Å². The summed E-state index contributed by atoms with van der Waals surface area (Å²) in [6, 6.07) is 1.97. The minimum absolute atomic E-state index is 0.00307. The molecule has 0 aromatic carbocycles. The molecule has 1 aromatic heterocycles. The SMILES string of the molecule is Cc1cnc(NC(=O)[C@H]2CCC[C@@H](NC(=O)C3COC3)C2)cc1C. The van der Waals surface area contributed by atoms with E-state index >= 15 is 0 Å². The Balaban J connectivity index is 1.54. The highest BCUT2D eigenvalue weighted by molar-refractivity contribution is 5.92. The van der Waals surface area contributed by atoms with Gasteiger partial charge >= 0.3 is 0 Å². The van der Waals surface area contributed by atoms with E-state index in [1.165, 1.54) is 0 Å². The molecule has 1 aliphatic heterocycles. The van der Waals surface area contributed by atoms with E-state index in [1.807, 2.05) is 19.9 Å². The normalized spacial score (nSPS) is 24.1. The second-order valence-electron chi connectivity index (χ2n) is 6.95. The van der Waals surface area contributed by atoms with Crippen LogP contribution in [0.2, 0.25) is 0 Å². The van der Waals surface area contributed by atoms with Gasteiger partial charge in [-0.25, -0.2) is 4.98 Å². The zero-order valence-corrected chi connectivity index (χ0v) is 14.3. The fraction of sp³-hybridized carbons (Fsp3) is 0.611. The van der Waals surface area contributed by atoms with E-state index in [1.54, 1.807) is 6.20 Å². The van der Waals surface area contributed by atoms with Gasteiger partial charge < -0.3 is 15.4 Å². The second kappa shape index (κ2) is 7.30. The van der Waals surface area contributed by atoms with E-state index in [9.17, 15) is 9.59 Å². The van der Waals surface area contributed by atoms with Gasteiger partial charge in [-0.3, -0.25) is 9.59 Å². The minimum atomic E-state index is -0.0786. The van der Waals surface area contributed by atoms with Gasteiger partial charge in [0.2, 0.25) is 11.8 Å². The number of rotatable bonds is 4. The van der Waals surface area contributed by atoms with E-state index < -0.39 is 0 Å². The van der Waals surface area contributed by atoms with Crippen LogP contribution < -0.4 is 10.6 Å². The largest absolute Gasteiger partial charge is 0.380 e. The van der Waals surface area contributed by atoms with Crippen LogP contribution in [0.1, 0.15) is 36.8 Å². The van der Waals surface area contributed by atoms with Crippen LogP contribution in [0.15, 0.2) is 12.3 Å². The number of amides is 2. The number of carbonyl (C=O) groups is 2. The molecule has 24 heavy (non-hydrogen) atoms. The first-order valence-electron chi connectivity index (χ1n) is 8.65. The van der Waals surface area contributed by atoms with Gasteiger partial charge in [0.15, 0.2) is 0 Å². The number of hydrogen-bond donors (Lipinski definition) is 2. The third-order valence-electron chi connectivity index (χ3n) is 5.02. The van der Waals surface area contributed by atoms with Crippen molar-refractivity contribution < 1.29 is 14.3 Å². The molecular weight excluding hydrogens is 306 g/mol. The number of aromatic nitrogens is 1. The summed E-state index contributed by atoms with van der Waals surface area (Å²) in [4.78, 5) is 28.8. The quantitative estimate of drug-likeness (QED) is 0.884. The molecule has 1 saturated carbocycles. The molecule has 2 aliphatic rings. The Kier molecular flexibility index (Phi) is 5.14. The standard InChI is InChI=1S/C18H25N3O3/c1-11-6-16(19-8-12(11)2)21-17(22)13-4-3-5-15(7-13)20-18(23)14-9-24-10-14/h6,8,13-15H,3-5,7,9-10H2,1-2H3,(H,20,23)(H,19,21,22)/t13-,15+/m0/s1. The number of aryl methyl sites for hydroxylation is 2. The summed E-state index contributed by atoms with van der Waals surface area (Å²) < 4.78 is 5.06. The number of pyridine rings is 1. The monoisotopic (exact) mass is 331 g/mol. The van der Waals surface area contributed by atoms with Gasteiger partial charge in [-0.2, -0.15) is 0 Å². The van der Waals surface area contributed by atoms with Crippen LogP contribution in [-0.2, 0) is 14.3 Å². The molecule has 0 spiro atoms. The zero-order chi connectivity index (χ0) is 17.1. The van der Waals surface area contributed by atoms with Gasteiger partial charge in [0.05, 0.1) is 19.1 Å². The molecule has 0 bridgehead atoms. The molecule has 0 unspecified atom stereocenters. The van der Waals surface area contributed by atoms with Crippen LogP contribution in [-0.4, -0.2) is 36.1 Å². The van der Waals surface area contributed by atoms with Crippen molar-refractivity contribution in [1.82, 2.24) is 10.3 Å². The van der Waals surface area contributed by atoms with E-state index in [-0.39, 0.29) is 29.7 Å². The third kappa shape index (κ3) is 3.93. The highest BCUT2D eigenvalue weighted by Gasteiger charge is 2.32. The summed E-state index contributed by atoms with van der Waals surface area (Å²) in [6.45, 7) is 5.03. The highest BCUT2D eigenvalue weighted by Crippen LogP contribution is 2.26. The molecule has 1 aliphatic carbocycles. The fourth-order valence-corrected chi connectivity index (χ4v) is 3.19. The molecule has 1 saturated heterocycles.